The highest BCUT2D eigenvalue weighted by Gasteiger charge is 2.16. The van der Waals surface area contributed by atoms with Crippen LogP contribution in [-0.4, -0.2) is 31.6 Å². The van der Waals surface area contributed by atoms with Crippen LogP contribution in [-0.2, 0) is 4.79 Å². The predicted octanol–water partition coefficient (Wildman–Crippen LogP) is 2.46. The quantitative estimate of drug-likeness (QED) is 0.864. The first-order chi connectivity index (χ1) is 11.6. The van der Waals surface area contributed by atoms with Gasteiger partial charge in [0.25, 0.3) is 5.91 Å². The average molecular weight is 351 g/mol. The zero-order valence-electron chi connectivity index (χ0n) is 12.6. The van der Waals surface area contributed by atoms with Crippen molar-refractivity contribution >= 4 is 29.1 Å². The Hall–Kier alpha value is -2.67. The van der Waals surface area contributed by atoms with Gasteiger partial charge in [-0.1, -0.05) is 11.6 Å². The molecule has 0 saturated heterocycles. The van der Waals surface area contributed by atoms with Gasteiger partial charge in [0.2, 0.25) is 5.91 Å². The lowest BCUT2D eigenvalue weighted by atomic mass is 10.2. The van der Waals surface area contributed by atoms with Crippen LogP contribution in [0.5, 0.6) is 11.5 Å². The molecule has 1 aromatic heterocycles. The van der Waals surface area contributed by atoms with Crippen LogP contribution < -0.4 is 20.1 Å². The van der Waals surface area contributed by atoms with Crippen molar-refractivity contribution in [1.29, 1.82) is 0 Å². The molecule has 0 fully saturated rings. The molecule has 0 spiro atoms. The summed E-state index contributed by atoms with van der Waals surface area (Å²) in [6, 6.07) is 6.39. The molecule has 0 bridgehead atoms. The number of hydrogen-bond donors (Lipinski definition) is 2. The van der Waals surface area contributed by atoms with Crippen LogP contribution in [0.2, 0.25) is 5.02 Å². The van der Waals surface area contributed by atoms with Crippen LogP contribution in [0.4, 0.5) is 5.69 Å². The fraction of sp³-hybridized carbons (Fsp3) is 0.250. The molecular formula is C16H15ClN2O5. The molecule has 0 aliphatic carbocycles. The summed E-state index contributed by atoms with van der Waals surface area (Å²) < 4.78 is 15.8. The summed E-state index contributed by atoms with van der Waals surface area (Å²) in [6.07, 6.45) is 1.50. The second-order valence-electron chi connectivity index (χ2n) is 5.01. The largest absolute Gasteiger partial charge is 0.486 e. The Morgan fingerprint density at radius 2 is 1.92 bits per heavy atom. The van der Waals surface area contributed by atoms with E-state index in [1.807, 2.05) is 0 Å². The molecule has 2 N–H and O–H groups in total. The molecule has 7 nitrogen and oxygen atoms in total. The minimum Gasteiger partial charge on any atom is -0.486 e. The summed E-state index contributed by atoms with van der Waals surface area (Å²) >= 11 is 6.12. The first-order valence-corrected chi connectivity index (χ1v) is 7.72. The molecular weight excluding hydrogens is 336 g/mol. The number of anilines is 1. The lowest BCUT2D eigenvalue weighted by molar-refractivity contribution is -0.116. The van der Waals surface area contributed by atoms with Crippen molar-refractivity contribution in [2.45, 2.75) is 6.42 Å². The maximum Gasteiger partial charge on any atom is 0.286 e. The van der Waals surface area contributed by atoms with Crippen LogP contribution in [0.1, 0.15) is 17.0 Å². The molecule has 24 heavy (non-hydrogen) atoms. The molecule has 126 valence electrons. The molecule has 2 amide bonds. The number of nitrogens with one attached hydrogen (secondary N) is 2. The first-order valence-electron chi connectivity index (χ1n) is 7.34. The summed E-state index contributed by atoms with van der Waals surface area (Å²) in [5.74, 6) is 0.630. The van der Waals surface area contributed by atoms with Gasteiger partial charge in [0, 0.05) is 25.1 Å². The second-order valence-corrected chi connectivity index (χ2v) is 5.41. The van der Waals surface area contributed by atoms with E-state index < -0.39 is 0 Å². The topological polar surface area (TPSA) is 89.8 Å². The number of hydrogen-bond acceptors (Lipinski definition) is 5. The number of ether oxygens (including phenoxy) is 2. The molecule has 2 heterocycles. The van der Waals surface area contributed by atoms with Crippen LogP contribution >= 0.6 is 11.6 Å². The minimum absolute atomic E-state index is 0.0945. The summed E-state index contributed by atoms with van der Waals surface area (Å²) in [7, 11) is 0. The van der Waals surface area contributed by atoms with Crippen molar-refractivity contribution in [2.75, 3.05) is 25.1 Å². The van der Waals surface area contributed by atoms with E-state index in [4.69, 9.17) is 25.5 Å². The Kier molecular flexibility index (Phi) is 4.90. The third-order valence-corrected chi connectivity index (χ3v) is 3.60. The van der Waals surface area contributed by atoms with E-state index in [9.17, 15) is 9.59 Å². The number of carbonyl (C=O) groups excluding carboxylic acids is 2. The van der Waals surface area contributed by atoms with E-state index in [0.29, 0.717) is 35.4 Å². The smallest absolute Gasteiger partial charge is 0.286 e. The molecule has 1 aromatic carbocycles. The molecule has 0 atom stereocenters. The molecule has 1 aliphatic rings. The van der Waals surface area contributed by atoms with Crippen molar-refractivity contribution in [3.05, 3.63) is 41.3 Å². The number of benzene rings is 1. The van der Waals surface area contributed by atoms with Crippen LogP contribution in [0, 0.1) is 0 Å². The number of fused-ring (bicyclic) bond motifs is 1. The van der Waals surface area contributed by atoms with E-state index in [1.165, 1.54) is 6.26 Å². The zero-order valence-corrected chi connectivity index (χ0v) is 13.4. The standard InChI is InChI=1S/C16H15ClN2O5/c17-10-8-13-14(24-7-6-23-13)9-11(10)19-15(20)3-4-18-16(21)12-2-1-5-22-12/h1-2,5,8-9H,3-4,6-7H2,(H,18,21)(H,19,20). The van der Waals surface area contributed by atoms with E-state index in [0.717, 1.165) is 0 Å². The lowest BCUT2D eigenvalue weighted by Gasteiger charge is -2.20. The van der Waals surface area contributed by atoms with Crippen molar-refractivity contribution in [3.63, 3.8) is 0 Å². The molecule has 1 aliphatic heterocycles. The molecule has 2 aromatic rings. The first kappa shape index (κ1) is 16.2. The Morgan fingerprint density at radius 3 is 2.62 bits per heavy atom. The number of halogens is 1. The van der Waals surface area contributed by atoms with Crippen molar-refractivity contribution < 1.29 is 23.5 Å². The summed E-state index contributed by atoms with van der Waals surface area (Å²) in [6.45, 7) is 1.08. The van der Waals surface area contributed by atoms with Crippen molar-refractivity contribution in [3.8, 4) is 11.5 Å². The molecule has 8 heteroatoms. The number of carbonyl (C=O) groups is 2. The maximum atomic E-state index is 12.0. The van der Waals surface area contributed by atoms with Gasteiger partial charge >= 0.3 is 0 Å². The average Bonchev–Trinajstić information content (AvgIpc) is 3.10. The fourth-order valence-corrected chi connectivity index (χ4v) is 2.36. The molecule has 0 unspecified atom stereocenters. The zero-order chi connectivity index (χ0) is 16.9. The Morgan fingerprint density at radius 1 is 1.17 bits per heavy atom. The SMILES string of the molecule is O=C(CCNC(=O)c1ccco1)Nc1cc2c(cc1Cl)OCCO2. The summed E-state index contributed by atoms with van der Waals surface area (Å²) in [5, 5.41) is 5.64. The number of furan rings is 1. The second kappa shape index (κ2) is 7.27. The highest BCUT2D eigenvalue weighted by atomic mass is 35.5. The minimum atomic E-state index is -0.370. The van der Waals surface area contributed by atoms with Crippen molar-refractivity contribution in [1.82, 2.24) is 5.32 Å². The summed E-state index contributed by atoms with van der Waals surface area (Å²) in [5.41, 5.74) is 0.434. The monoisotopic (exact) mass is 350 g/mol. The van der Waals surface area contributed by atoms with Crippen LogP contribution in [0.15, 0.2) is 34.9 Å². The highest BCUT2D eigenvalue weighted by Crippen LogP contribution is 2.37. The van der Waals surface area contributed by atoms with Gasteiger partial charge in [-0.25, -0.2) is 0 Å². The van der Waals surface area contributed by atoms with Crippen LogP contribution in [0.3, 0.4) is 0 Å². The van der Waals surface area contributed by atoms with Gasteiger partial charge in [0.05, 0.1) is 17.0 Å². The van der Waals surface area contributed by atoms with Gasteiger partial charge in [-0.05, 0) is 12.1 Å². The fourth-order valence-electron chi connectivity index (χ4n) is 2.16. The van der Waals surface area contributed by atoms with Crippen molar-refractivity contribution in [2.24, 2.45) is 0 Å². The van der Waals surface area contributed by atoms with Gasteiger partial charge < -0.3 is 24.5 Å². The third kappa shape index (κ3) is 3.80. The van der Waals surface area contributed by atoms with Crippen LogP contribution in [0.25, 0.3) is 0 Å². The Labute approximate surface area is 142 Å². The van der Waals surface area contributed by atoms with Gasteiger partial charge in [-0.3, -0.25) is 9.59 Å². The molecule has 0 radical (unpaired) electrons. The third-order valence-electron chi connectivity index (χ3n) is 3.29. The van der Waals surface area contributed by atoms with Gasteiger partial charge in [-0.15, -0.1) is 0 Å². The van der Waals surface area contributed by atoms with E-state index in [1.54, 1.807) is 24.3 Å². The van der Waals surface area contributed by atoms with Gasteiger partial charge in [0.15, 0.2) is 17.3 Å². The number of amides is 2. The lowest BCUT2D eigenvalue weighted by Crippen LogP contribution is -2.27. The Balaban J connectivity index is 1.52. The highest BCUT2D eigenvalue weighted by molar-refractivity contribution is 6.34. The normalized spacial score (nSPS) is 12.5. The summed E-state index contributed by atoms with van der Waals surface area (Å²) in [4.78, 5) is 23.7. The van der Waals surface area contributed by atoms with Gasteiger partial charge in [0.1, 0.15) is 13.2 Å². The van der Waals surface area contributed by atoms with E-state index in [-0.39, 0.29) is 30.5 Å². The predicted molar refractivity (Wildman–Crippen MR) is 86.7 cm³/mol. The molecule has 3 rings (SSSR count). The molecule has 0 saturated carbocycles. The number of rotatable bonds is 5. The van der Waals surface area contributed by atoms with E-state index >= 15 is 0 Å². The maximum absolute atomic E-state index is 12.0. The van der Waals surface area contributed by atoms with Gasteiger partial charge in [-0.2, -0.15) is 0 Å². The van der Waals surface area contributed by atoms with E-state index in [2.05, 4.69) is 10.6 Å². The Bertz CT molecular complexity index is 745.